The van der Waals surface area contributed by atoms with Crippen LogP contribution in [0.2, 0.25) is 0 Å². The van der Waals surface area contributed by atoms with Gasteiger partial charge in [-0.2, -0.15) is 5.10 Å². The molecule has 7 heteroatoms. The molecule has 0 bridgehead atoms. The lowest BCUT2D eigenvalue weighted by Gasteiger charge is -2.09. The second-order valence-corrected chi connectivity index (χ2v) is 8.18. The minimum absolute atomic E-state index is 0.196. The zero-order valence-corrected chi connectivity index (χ0v) is 18.5. The van der Waals surface area contributed by atoms with Crippen LogP contribution in [0.3, 0.4) is 0 Å². The first kappa shape index (κ1) is 21.6. The molecule has 0 saturated carbocycles. The maximum atomic E-state index is 12.5. The van der Waals surface area contributed by atoms with Crippen molar-refractivity contribution >= 4 is 34.4 Å². The van der Waals surface area contributed by atoms with E-state index in [9.17, 15) is 9.90 Å². The molecule has 1 heterocycles. The summed E-state index contributed by atoms with van der Waals surface area (Å²) in [6.45, 7) is 2.66. The Labute approximate surface area is 191 Å². The molecule has 0 unspecified atom stereocenters. The van der Waals surface area contributed by atoms with E-state index < -0.39 is 0 Å². The molecule has 0 aliphatic heterocycles. The number of carbonyl (C=O) groups is 1. The van der Waals surface area contributed by atoms with E-state index in [4.69, 9.17) is 4.98 Å². The number of phenols is 1. The number of carbonyl (C=O) groups excluding carboxylic acids is 1. The average Bonchev–Trinajstić information content (AvgIpc) is 3.17. The normalized spacial score (nSPS) is 11.6. The summed E-state index contributed by atoms with van der Waals surface area (Å²) >= 11 is 1.39. The summed E-state index contributed by atoms with van der Waals surface area (Å²) in [5.74, 6) is 0.204. The van der Waals surface area contributed by atoms with Crippen LogP contribution in [0.1, 0.15) is 24.5 Å². The number of hydrazone groups is 1. The number of benzene rings is 3. The number of fused-ring (bicyclic) bond motifs is 1. The van der Waals surface area contributed by atoms with Gasteiger partial charge in [-0.1, -0.05) is 61.2 Å². The lowest BCUT2D eigenvalue weighted by molar-refractivity contribution is -0.118. The third kappa shape index (κ3) is 5.18. The lowest BCUT2D eigenvalue weighted by Crippen LogP contribution is -2.22. The first-order valence-electron chi connectivity index (χ1n) is 10.4. The van der Waals surface area contributed by atoms with Gasteiger partial charge >= 0.3 is 0 Å². The van der Waals surface area contributed by atoms with Crippen molar-refractivity contribution in [2.24, 2.45) is 5.10 Å². The van der Waals surface area contributed by atoms with Gasteiger partial charge in [0.2, 0.25) is 0 Å². The highest BCUT2D eigenvalue weighted by atomic mass is 32.2. The number of aromatic hydroxyl groups is 1. The Morgan fingerprint density at radius 1 is 1.03 bits per heavy atom. The average molecular weight is 445 g/mol. The topological polar surface area (TPSA) is 79.5 Å². The van der Waals surface area contributed by atoms with Crippen molar-refractivity contribution < 1.29 is 9.90 Å². The second kappa shape index (κ2) is 10.2. The molecule has 1 amide bonds. The van der Waals surface area contributed by atoms with Gasteiger partial charge in [0, 0.05) is 0 Å². The molecule has 0 saturated heterocycles. The van der Waals surface area contributed by atoms with E-state index in [1.54, 1.807) is 24.3 Å². The number of para-hydroxylation sites is 2. The summed E-state index contributed by atoms with van der Waals surface area (Å²) in [7, 11) is 0. The van der Waals surface area contributed by atoms with Gasteiger partial charge in [0.1, 0.15) is 5.75 Å². The Kier molecular flexibility index (Phi) is 6.87. The summed E-state index contributed by atoms with van der Waals surface area (Å²) < 4.78 is 2.14. The minimum Gasteiger partial charge on any atom is -0.508 e. The number of nitrogens with one attached hydrogen (secondary N) is 1. The summed E-state index contributed by atoms with van der Waals surface area (Å²) in [4.78, 5) is 17.2. The molecule has 4 aromatic rings. The summed E-state index contributed by atoms with van der Waals surface area (Å²) in [6, 6.07) is 25.0. The van der Waals surface area contributed by atoms with Gasteiger partial charge in [-0.05, 0) is 53.9 Å². The zero-order chi connectivity index (χ0) is 22.3. The molecule has 0 atom stereocenters. The van der Waals surface area contributed by atoms with Gasteiger partial charge in [-0.15, -0.1) is 0 Å². The number of aromatic nitrogens is 2. The molecular weight excluding hydrogens is 420 g/mol. The first-order chi connectivity index (χ1) is 15.6. The first-order valence-corrected chi connectivity index (χ1v) is 11.4. The molecular formula is C25H24N4O2S. The monoisotopic (exact) mass is 444 g/mol. The molecule has 0 aliphatic carbocycles. The number of amides is 1. The Bertz CT molecular complexity index is 1230. The van der Waals surface area contributed by atoms with Crippen LogP contribution in [0.25, 0.3) is 11.0 Å². The Morgan fingerprint density at radius 2 is 1.75 bits per heavy atom. The van der Waals surface area contributed by atoms with Crippen LogP contribution in [0, 0.1) is 0 Å². The SMILES string of the molecule is CC/C(=N\NC(=O)CSc1nc2ccccc2n1Cc1ccccc1)c1ccc(O)cc1. The predicted octanol–water partition coefficient (Wildman–Crippen LogP) is 4.81. The van der Waals surface area contributed by atoms with Crippen molar-refractivity contribution in [1.29, 1.82) is 0 Å². The van der Waals surface area contributed by atoms with Gasteiger partial charge in [-0.25, -0.2) is 10.4 Å². The number of hydrogen-bond acceptors (Lipinski definition) is 5. The quantitative estimate of drug-likeness (QED) is 0.232. The maximum absolute atomic E-state index is 12.5. The van der Waals surface area contributed by atoms with Gasteiger partial charge in [0.25, 0.3) is 5.91 Å². The van der Waals surface area contributed by atoms with Crippen molar-refractivity contribution in [3.63, 3.8) is 0 Å². The van der Waals surface area contributed by atoms with Crippen molar-refractivity contribution in [1.82, 2.24) is 15.0 Å². The minimum atomic E-state index is -0.196. The molecule has 2 N–H and O–H groups in total. The summed E-state index contributed by atoms with van der Waals surface area (Å²) in [5, 5.41) is 14.5. The Morgan fingerprint density at radius 3 is 2.50 bits per heavy atom. The Balaban J connectivity index is 1.47. The molecule has 0 radical (unpaired) electrons. The number of phenolic OH excluding ortho intramolecular Hbond substituents is 1. The highest BCUT2D eigenvalue weighted by Gasteiger charge is 2.13. The van der Waals surface area contributed by atoms with Gasteiger partial charge in [0.15, 0.2) is 5.16 Å². The van der Waals surface area contributed by atoms with Crippen LogP contribution >= 0.6 is 11.8 Å². The summed E-state index contributed by atoms with van der Waals surface area (Å²) in [5.41, 5.74) is 7.38. The van der Waals surface area contributed by atoms with Crippen LogP contribution in [0.4, 0.5) is 0 Å². The predicted molar refractivity (Wildman–Crippen MR) is 129 cm³/mol. The number of thioether (sulfide) groups is 1. The van der Waals surface area contributed by atoms with Crippen LogP contribution < -0.4 is 5.43 Å². The molecule has 0 aliphatic rings. The largest absolute Gasteiger partial charge is 0.508 e. The molecule has 162 valence electrons. The second-order valence-electron chi connectivity index (χ2n) is 7.24. The molecule has 0 fully saturated rings. The van der Waals surface area contributed by atoms with E-state index in [1.165, 1.54) is 17.3 Å². The van der Waals surface area contributed by atoms with Crippen LogP contribution in [-0.2, 0) is 11.3 Å². The van der Waals surface area contributed by atoms with Crippen molar-refractivity contribution in [3.8, 4) is 5.75 Å². The van der Waals surface area contributed by atoms with Gasteiger partial charge in [0.05, 0.1) is 29.0 Å². The highest BCUT2D eigenvalue weighted by Crippen LogP contribution is 2.25. The molecule has 1 aromatic heterocycles. The van der Waals surface area contributed by atoms with Crippen LogP contribution in [-0.4, -0.2) is 32.0 Å². The number of nitrogens with zero attached hydrogens (tertiary/aromatic N) is 3. The fourth-order valence-electron chi connectivity index (χ4n) is 3.38. The molecule has 32 heavy (non-hydrogen) atoms. The summed E-state index contributed by atoms with van der Waals surface area (Å²) in [6.07, 6.45) is 0.658. The highest BCUT2D eigenvalue weighted by molar-refractivity contribution is 7.99. The lowest BCUT2D eigenvalue weighted by atomic mass is 10.1. The third-order valence-electron chi connectivity index (χ3n) is 4.99. The fourth-order valence-corrected chi connectivity index (χ4v) is 4.18. The molecule has 0 spiro atoms. The van der Waals surface area contributed by atoms with E-state index >= 15 is 0 Å². The molecule has 6 nitrogen and oxygen atoms in total. The number of imidazole rings is 1. The van der Waals surface area contributed by atoms with E-state index in [0.717, 1.165) is 27.5 Å². The molecule has 4 rings (SSSR count). The molecule has 3 aromatic carbocycles. The smallest absolute Gasteiger partial charge is 0.250 e. The van der Waals surface area contributed by atoms with Gasteiger partial charge in [-0.3, -0.25) is 4.79 Å². The third-order valence-corrected chi connectivity index (χ3v) is 5.96. The van der Waals surface area contributed by atoms with Crippen LogP contribution in [0.15, 0.2) is 89.1 Å². The zero-order valence-electron chi connectivity index (χ0n) is 17.7. The fraction of sp³-hybridized carbons (Fsp3) is 0.160. The van der Waals surface area contributed by atoms with E-state index in [2.05, 4.69) is 27.2 Å². The van der Waals surface area contributed by atoms with E-state index in [-0.39, 0.29) is 17.4 Å². The maximum Gasteiger partial charge on any atom is 0.250 e. The number of rotatable bonds is 8. The van der Waals surface area contributed by atoms with Crippen LogP contribution in [0.5, 0.6) is 5.75 Å². The van der Waals surface area contributed by atoms with Gasteiger partial charge < -0.3 is 9.67 Å². The van der Waals surface area contributed by atoms with E-state index in [1.807, 2.05) is 49.4 Å². The van der Waals surface area contributed by atoms with Crippen molar-refractivity contribution in [2.75, 3.05) is 5.75 Å². The van der Waals surface area contributed by atoms with Crippen molar-refractivity contribution in [2.45, 2.75) is 25.0 Å². The standard InChI is InChI=1S/C25H24N4O2S/c1-2-21(19-12-14-20(30)15-13-19)27-28-24(31)17-32-25-26-22-10-6-7-11-23(22)29(25)16-18-8-4-3-5-9-18/h3-15,30H,2,16-17H2,1H3,(H,28,31)/b27-21+. The van der Waals surface area contributed by atoms with Crippen molar-refractivity contribution in [3.05, 3.63) is 90.0 Å². The number of hydrogen-bond donors (Lipinski definition) is 2. The Hall–Kier alpha value is -3.58. The van der Waals surface area contributed by atoms with E-state index in [0.29, 0.717) is 13.0 Å².